The summed E-state index contributed by atoms with van der Waals surface area (Å²) in [6.45, 7) is 2.01. The highest BCUT2D eigenvalue weighted by molar-refractivity contribution is 6.04. The van der Waals surface area contributed by atoms with Crippen LogP contribution in [0.4, 0.5) is 5.69 Å². The molecular formula is C27H26N2O3. The van der Waals surface area contributed by atoms with Crippen molar-refractivity contribution < 1.29 is 14.3 Å². The van der Waals surface area contributed by atoms with Crippen molar-refractivity contribution in [3.8, 4) is 5.75 Å². The molecule has 2 amide bonds. The molecule has 1 heterocycles. The second-order valence-corrected chi connectivity index (χ2v) is 8.59. The molecule has 0 spiro atoms. The summed E-state index contributed by atoms with van der Waals surface area (Å²) < 4.78 is 5.45. The highest BCUT2D eigenvalue weighted by atomic mass is 16.5. The van der Waals surface area contributed by atoms with E-state index in [1.165, 1.54) is 0 Å². The molecule has 1 aliphatic carbocycles. The Morgan fingerprint density at radius 3 is 2.47 bits per heavy atom. The maximum Gasteiger partial charge on any atom is 0.254 e. The van der Waals surface area contributed by atoms with E-state index >= 15 is 0 Å². The SMILES string of the molecule is COc1cccc(C2C(C(=O)Nc3ccc(C)cc3)c3ccccc3C(=O)N2C2CC2)c1. The first-order valence-corrected chi connectivity index (χ1v) is 11.0. The molecular weight excluding hydrogens is 400 g/mol. The first-order valence-electron chi connectivity index (χ1n) is 11.0. The van der Waals surface area contributed by atoms with E-state index in [-0.39, 0.29) is 17.9 Å². The number of carbonyl (C=O) groups is 2. The summed E-state index contributed by atoms with van der Waals surface area (Å²) in [6, 6.07) is 22.7. The summed E-state index contributed by atoms with van der Waals surface area (Å²) in [7, 11) is 1.63. The molecule has 3 aromatic rings. The van der Waals surface area contributed by atoms with Crippen LogP contribution in [0.15, 0.2) is 72.8 Å². The van der Waals surface area contributed by atoms with Gasteiger partial charge in [-0.25, -0.2) is 0 Å². The maximum atomic E-state index is 13.8. The van der Waals surface area contributed by atoms with E-state index in [1.807, 2.05) is 84.6 Å². The summed E-state index contributed by atoms with van der Waals surface area (Å²) in [5, 5.41) is 3.09. The molecule has 32 heavy (non-hydrogen) atoms. The van der Waals surface area contributed by atoms with Gasteiger partial charge in [-0.05, 0) is 61.2 Å². The van der Waals surface area contributed by atoms with Crippen molar-refractivity contribution in [2.75, 3.05) is 12.4 Å². The van der Waals surface area contributed by atoms with Gasteiger partial charge in [0.15, 0.2) is 0 Å². The van der Waals surface area contributed by atoms with Gasteiger partial charge in [0, 0.05) is 17.3 Å². The normalized spacial score (nSPS) is 19.9. The Balaban J connectivity index is 1.63. The minimum atomic E-state index is -0.530. The van der Waals surface area contributed by atoms with Gasteiger partial charge >= 0.3 is 0 Å². The molecule has 0 aromatic heterocycles. The van der Waals surface area contributed by atoms with Crippen LogP contribution in [-0.4, -0.2) is 29.9 Å². The van der Waals surface area contributed by atoms with Gasteiger partial charge in [-0.3, -0.25) is 9.59 Å². The predicted molar refractivity (Wildman–Crippen MR) is 124 cm³/mol. The van der Waals surface area contributed by atoms with Crippen molar-refractivity contribution in [2.24, 2.45) is 0 Å². The van der Waals surface area contributed by atoms with Crippen molar-refractivity contribution in [1.29, 1.82) is 0 Å². The van der Waals surface area contributed by atoms with Crippen LogP contribution in [0.25, 0.3) is 0 Å². The first-order chi connectivity index (χ1) is 15.6. The smallest absolute Gasteiger partial charge is 0.254 e. The standard InChI is InChI=1S/C27H26N2O3/c1-17-10-12-19(13-11-17)28-26(30)24-22-8-3-4-9-23(22)27(31)29(20-14-15-20)25(24)18-6-5-7-21(16-18)32-2/h3-13,16,20,24-25H,14-15H2,1-2H3,(H,28,30). The fourth-order valence-corrected chi connectivity index (χ4v) is 4.62. The molecule has 0 bridgehead atoms. The van der Waals surface area contributed by atoms with E-state index < -0.39 is 12.0 Å². The molecule has 5 rings (SSSR count). The third-order valence-corrected chi connectivity index (χ3v) is 6.35. The van der Waals surface area contributed by atoms with Crippen LogP contribution in [-0.2, 0) is 4.79 Å². The Labute approximate surface area is 188 Å². The zero-order chi connectivity index (χ0) is 22.2. The molecule has 5 nitrogen and oxygen atoms in total. The highest BCUT2D eigenvalue weighted by Gasteiger charge is 2.49. The number of nitrogens with zero attached hydrogens (tertiary/aromatic N) is 1. The fraction of sp³-hybridized carbons (Fsp3) is 0.259. The lowest BCUT2D eigenvalue weighted by Crippen LogP contribution is -2.47. The van der Waals surface area contributed by atoms with Gasteiger partial charge in [0.05, 0.1) is 19.1 Å². The van der Waals surface area contributed by atoms with Gasteiger partial charge in [0.2, 0.25) is 5.91 Å². The average Bonchev–Trinajstić information content (AvgIpc) is 3.65. The molecule has 2 atom stereocenters. The Morgan fingerprint density at radius 1 is 1.00 bits per heavy atom. The molecule has 2 aliphatic rings. The minimum Gasteiger partial charge on any atom is -0.497 e. The average molecular weight is 427 g/mol. The van der Waals surface area contributed by atoms with Crippen LogP contribution in [0.3, 0.4) is 0 Å². The highest BCUT2D eigenvalue weighted by Crippen LogP contribution is 2.48. The van der Waals surface area contributed by atoms with E-state index in [9.17, 15) is 9.59 Å². The third kappa shape index (κ3) is 3.64. The number of carbonyl (C=O) groups excluding carboxylic acids is 2. The zero-order valence-electron chi connectivity index (χ0n) is 18.2. The quantitative estimate of drug-likeness (QED) is 0.619. The van der Waals surface area contributed by atoms with E-state index in [4.69, 9.17) is 4.74 Å². The molecule has 3 aromatic carbocycles. The van der Waals surface area contributed by atoms with Gasteiger partial charge < -0.3 is 15.0 Å². The number of benzene rings is 3. The molecule has 0 radical (unpaired) electrons. The zero-order valence-corrected chi connectivity index (χ0v) is 18.2. The predicted octanol–water partition coefficient (Wildman–Crippen LogP) is 5.09. The van der Waals surface area contributed by atoms with E-state index in [2.05, 4.69) is 5.32 Å². The molecule has 162 valence electrons. The van der Waals surface area contributed by atoms with Crippen LogP contribution >= 0.6 is 0 Å². The van der Waals surface area contributed by atoms with E-state index in [0.29, 0.717) is 11.3 Å². The lowest BCUT2D eigenvalue weighted by Gasteiger charge is -2.42. The minimum absolute atomic E-state index is 0.00435. The summed E-state index contributed by atoms with van der Waals surface area (Å²) in [6.07, 6.45) is 1.92. The Morgan fingerprint density at radius 2 is 1.75 bits per heavy atom. The van der Waals surface area contributed by atoms with Crippen molar-refractivity contribution >= 4 is 17.5 Å². The number of ether oxygens (including phenoxy) is 1. The van der Waals surface area contributed by atoms with E-state index in [0.717, 1.165) is 35.2 Å². The Hall–Kier alpha value is -3.60. The number of hydrogen-bond donors (Lipinski definition) is 1. The summed E-state index contributed by atoms with van der Waals surface area (Å²) in [5.74, 6) is 0.0581. The Bertz CT molecular complexity index is 1170. The number of rotatable bonds is 5. The lowest BCUT2D eigenvalue weighted by atomic mass is 9.79. The van der Waals surface area contributed by atoms with Crippen LogP contribution in [0.1, 0.15) is 51.8 Å². The number of hydrogen-bond acceptors (Lipinski definition) is 3. The van der Waals surface area contributed by atoms with Crippen molar-refractivity contribution in [1.82, 2.24) is 4.90 Å². The van der Waals surface area contributed by atoms with Crippen molar-refractivity contribution in [2.45, 2.75) is 37.8 Å². The largest absolute Gasteiger partial charge is 0.497 e. The number of nitrogens with one attached hydrogen (secondary N) is 1. The van der Waals surface area contributed by atoms with Gasteiger partial charge in [0.25, 0.3) is 5.91 Å². The van der Waals surface area contributed by atoms with Gasteiger partial charge in [0.1, 0.15) is 5.75 Å². The first kappa shape index (κ1) is 20.3. The Kier molecular flexibility index (Phi) is 5.17. The van der Waals surface area contributed by atoms with Crippen molar-refractivity contribution in [3.63, 3.8) is 0 Å². The summed E-state index contributed by atoms with van der Waals surface area (Å²) in [4.78, 5) is 29.3. The third-order valence-electron chi connectivity index (χ3n) is 6.35. The number of methoxy groups -OCH3 is 1. The van der Waals surface area contributed by atoms with Crippen LogP contribution in [0.2, 0.25) is 0 Å². The topological polar surface area (TPSA) is 58.6 Å². The molecule has 1 saturated carbocycles. The van der Waals surface area contributed by atoms with Crippen molar-refractivity contribution in [3.05, 3.63) is 95.1 Å². The van der Waals surface area contributed by atoms with Gasteiger partial charge in [-0.15, -0.1) is 0 Å². The van der Waals surface area contributed by atoms with Crippen LogP contribution in [0.5, 0.6) is 5.75 Å². The molecule has 1 fully saturated rings. The second-order valence-electron chi connectivity index (χ2n) is 8.59. The van der Waals surface area contributed by atoms with E-state index in [1.54, 1.807) is 7.11 Å². The number of fused-ring (bicyclic) bond motifs is 1. The lowest BCUT2D eigenvalue weighted by molar-refractivity contribution is -0.119. The van der Waals surface area contributed by atoms with Crippen LogP contribution < -0.4 is 10.1 Å². The summed E-state index contributed by atoms with van der Waals surface area (Å²) in [5.41, 5.74) is 4.17. The maximum absolute atomic E-state index is 13.8. The van der Waals surface area contributed by atoms with Gasteiger partial charge in [-0.2, -0.15) is 0 Å². The molecule has 1 N–H and O–H groups in total. The van der Waals surface area contributed by atoms with Crippen LogP contribution in [0, 0.1) is 6.92 Å². The summed E-state index contributed by atoms with van der Waals surface area (Å²) >= 11 is 0. The second kappa shape index (κ2) is 8.15. The number of amides is 2. The number of aryl methyl sites for hydroxylation is 1. The number of anilines is 1. The molecule has 2 unspecified atom stereocenters. The monoisotopic (exact) mass is 426 g/mol. The fourth-order valence-electron chi connectivity index (χ4n) is 4.62. The molecule has 0 saturated heterocycles. The molecule has 5 heteroatoms. The molecule has 1 aliphatic heterocycles. The van der Waals surface area contributed by atoms with Gasteiger partial charge in [-0.1, -0.05) is 48.0 Å².